The minimum Gasteiger partial charge on any atom is -0.355 e. The standard InChI is InChI=1S/C23H26ClN5OS/c24-20-10-8-17(9-11-20)15-29-13-4-7-19(16-29)22(30)25-12-14-31-23-26-21(27-28-23)18-5-2-1-3-6-18/h1-3,5-6,8-11,19H,4,7,12-16H2,(H,25,30)(H,26,27,28)/t19-/m1/s1. The summed E-state index contributed by atoms with van der Waals surface area (Å²) in [5.41, 5.74) is 2.24. The number of benzene rings is 2. The van der Waals surface area contributed by atoms with Crippen molar-refractivity contribution in [1.29, 1.82) is 0 Å². The summed E-state index contributed by atoms with van der Waals surface area (Å²) in [7, 11) is 0. The third-order valence-corrected chi connectivity index (χ3v) is 6.44. The number of nitrogens with zero attached hydrogens (tertiary/aromatic N) is 3. The van der Waals surface area contributed by atoms with Gasteiger partial charge < -0.3 is 5.32 Å². The molecule has 2 heterocycles. The van der Waals surface area contributed by atoms with E-state index in [0.717, 1.165) is 54.6 Å². The quantitative estimate of drug-likeness (QED) is 0.392. The van der Waals surface area contributed by atoms with Gasteiger partial charge in [0, 0.05) is 36.0 Å². The van der Waals surface area contributed by atoms with E-state index in [1.165, 1.54) is 17.3 Å². The Morgan fingerprint density at radius 2 is 2.00 bits per heavy atom. The Hall–Kier alpha value is -2.35. The number of hydrogen-bond acceptors (Lipinski definition) is 5. The summed E-state index contributed by atoms with van der Waals surface area (Å²) in [6, 6.07) is 17.8. The number of hydrogen-bond donors (Lipinski definition) is 2. The molecule has 3 aromatic rings. The number of carbonyl (C=O) groups is 1. The number of nitrogens with one attached hydrogen (secondary N) is 2. The molecule has 0 unspecified atom stereocenters. The second kappa shape index (κ2) is 10.8. The van der Waals surface area contributed by atoms with Crippen molar-refractivity contribution < 1.29 is 4.79 Å². The van der Waals surface area contributed by atoms with Crippen LogP contribution in [0.4, 0.5) is 0 Å². The van der Waals surface area contributed by atoms with Crippen molar-refractivity contribution in [2.75, 3.05) is 25.4 Å². The maximum atomic E-state index is 12.6. The summed E-state index contributed by atoms with van der Waals surface area (Å²) in [6.07, 6.45) is 1.98. The van der Waals surface area contributed by atoms with E-state index in [1.54, 1.807) is 0 Å². The first-order valence-electron chi connectivity index (χ1n) is 10.5. The van der Waals surface area contributed by atoms with Crippen molar-refractivity contribution in [2.24, 2.45) is 5.92 Å². The monoisotopic (exact) mass is 455 g/mol. The number of carbonyl (C=O) groups excluding carboxylic acids is 1. The van der Waals surface area contributed by atoms with E-state index in [2.05, 4.69) is 37.5 Å². The zero-order valence-electron chi connectivity index (χ0n) is 17.3. The lowest BCUT2D eigenvalue weighted by Crippen LogP contribution is -2.43. The van der Waals surface area contributed by atoms with E-state index in [4.69, 9.17) is 11.6 Å². The van der Waals surface area contributed by atoms with Crippen LogP contribution in [0.15, 0.2) is 59.8 Å². The molecule has 0 bridgehead atoms. The van der Waals surface area contributed by atoms with Crippen LogP contribution in [0.25, 0.3) is 11.4 Å². The van der Waals surface area contributed by atoms with Crippen molar-refractivity contribution in [3.63, 3.8) is 0 Å². The number of aromatic amines is 1. The minimum atomic E-state index is 0.0410. The van der Waals surface area contributed by atoms with Crippen LogP contribution in [0.3, 0.4) is 0 Å². The number of H-pyrrole nitrogens is 1. The Morgan fingerprint density at radius 3 is 2.81 bits per heavy atom. The average Bonchev–Trinajstić information content (AvgIpc) is 3.28. The second-order valence-corrected chi connectivity index (χ2v) is 9.17. The molecule has 0 aliphatic carbocycles. The van der Waals surface area contributed by atoms with Gasteiger partial charge in [-0.2, -0.15) is 0 Å². The van der Waals surface area contributed by atoms with E-state index in [0.29, 0.717) is 11.7 Å². The SMILES string of the molecule is O=C(NCCSc1n[nH]c(-c2ccccc2)n1)[C@@H]1CCCN(Cc2ccc(Cl)cc2)C1. The number of aromatic nitrogens is 3. The lowest BCUT2D eigenvalue weighted by atomic mass is 9.96. The smallest absolute Gasteiger partial charge is 0.224 e. The predicted octanol–water partition coefficient (Wildman–Crippen LogP) is 4.25. The van der Waals surface area contributed by atoms with Crippen LogP contribution in [0.5, 0.6) is 0 Å². The Bertz CT molecular complexity index is 979. The fourth-order valence-corrected chi connectivity index (χ4v) is 4.54. The number of amides is 1. The Morgan fingerprint density at radius 1 is 1.19 bits per heavy atom. The summed E-state index contributed by atoms with van der Waals surface area (Å²) in [5, 5.41) is 11.7. The molecule has 1 amide bonds. The van der Waals surface area contributed by atoms with Gasteiger partial charge in [-0.3, -0.25) is 14.8 Å². The van der Waals surface area contributed by atoms with Gasteiger partial charge in [0.2, 0.25) is 11.1 Å². The van der Waals surface area contributed by atoms with Crippen LogP contribution in [-0.4, -0.2) is 51.4 Å². The third kappa shape index (κ3) is 6.32. The molecule has 2 N–H and O–H groups in total. The number of rotatable bonds is 8. The molecule has 6 nitrogen and oxygen atoms in total. The van der Waals surface area contributed by atoms with Gasteiger partial charge in [-0.05, 0) is 37.1 Å². The molecular weight excluding hydrogens is 430 g/mol. The van der Waals surface area contributed by atoms with Gasteiger partial charge >= 0.3 is 0 Å². The lowest BCUT2D eigenvalue weighted by molar-refractivity contribution is -0.126. The molecule has 1 aliphatic rings. The van der Waals surface area contributed by atoms with Crippen LogP contribution >= 0.6 is 23.4 Å². The highest BCUT2D eigenvalue weighted by Crippen LogP contribution is 2.21. The molecule has 1 fully saturated rings. The number of piperidine rings is 1. The summed E-state index contributed by atoms with van der Waals surface area (Å²) >= 11 is 7.51. The molecule has 0 radical (unpaired) electrons. The van der Waals surface area contributed by atoms with Gasteiger partial charge in [0.1, 0.15) is 0 Å². The number of thioether (sulfide) groups is 1. The first-order chi connectivity index (χ1) is 15.2. The van der Waals surface area contributed by atoms with Gasteiger partial charge in [-0.25, -0.2) is 4.98 Å². The summed E-state index contributed by atoms with van der Waals surface area (Å²) in [5.74, 6) is 1.68. The molecule has 1 aliphatic heterocycles. The molecule has 162 valence electrons. The van der Waals surface area contributed by atoms with E-state index >= 15 is 0 Å². The van der Waals surface area contributed by atoms with Gasteiger partial charge in [0.15, 0.2) is 5.82 Å². The Labute approximate surface area is 191 Å². The maximum Gasteiger partial charge on any atom is 0.224 e. The highest BCUT2D eigenvalue weighted by Gasteiger charge is 2.25. The van der Waals surface area contributed by atoms with Crippen molar-refractivity contribution >= 4 is 29.3 Å². The zero-order valence-corrected chi connectivity index (χ0v) is 18.8. The normalized spacial score (nSPS) is 16.9. The second-order valence-electron chi connectivity index (χ2n) is 7.67. The molecule has 31 heavy (non-hydrogen) atoms. The summed E-state index contributed by atoms with van der Waals surface area (Å²) in [4.78, 5) is 19.5. The van der Waals surface area contributed by atoms with Gasteiger partial charge in [-0.1, -0.05) is 65.8 Å². The number of likely N-dealkylation sites (tertiary alicyclic amines) is 1. The molecular formula is C23H26ClN5OS. The van der Waals surface area contributed by atoms with E-state index in [-0.39, 0.29) is 11.8 Å². The molecule has 1 aromatic heterocycles. The van der Waals surface area contributed by atoms with Crippen LogP contribution in [-0.2, 0) is 11.3 Å². The van der Waals surface area contributed by atoms with Crippen LogP contribution in [0, 0.1) is 5.92 Å². The largest absolute Gasteiger partial charge is 0.355 e. The van der Waals surface area contributed by atoms with Gasteiger partial charge in [-0.15, -0.1) is 5.10 Å². The molecule has 2 aromatic carbocycles. The van der Waals surface area contributed by atoms with Crippen LogP contribution < -0.4 is 5.32 Å². The molecule has 4 rings (SSSR count). The van der Waals surface area contributed by atoms with Crippen molar-refractivity contribution in [2.45, 2.75) is 24.5 Å². The van der Waals surface area contributed by atoms with Gasteiger partial charge in [0.05, 0.1) is 5.92 Å². The van der Waals surface area contributed by atoms with Crippen LogP contribution in [0.2, 0.25) is 5.02 Å². The van der Waals surface area contributed by atoms with E-state index in [1.807, 2.05) is 42.5 Å². The number of halogens is 1. The van der Waals surface area contributed by atoms with E-state index < -0.39 is 0 Å². The van der Waals surface area contributed by atoms with Crippen molar-refractivity contribution in [3.8, 4) is 11.4 Å². The van der Waals surface area contributed by atoms with Gasteiger partial charge in [0.25, 0.3) is 0 Å². The fourth-order valence-electron chi connectivity index (χ4n) is 3.76. The topological polar surface area (TPSA) is 73.9 Å². The third-order valence-electron chi connectivity index (χ3n) is 5.34. The predicted molar refractivity (Wildman–Crippen MR) is 125 cm³/mol. The first-order valence-corrected chi connectivity index (χ1v) is 11.9. The van der Waals surface area contributed by atoms with Crippen LogP contribution in [0.1, 0.15) is 18.4 Å². The molecule has 1 saturated heterocycles. The molecule has 0 saturated carbocycles. The average molecular weight is 456 g/mol. The highest BCUT2D eigenvalue weighted by atomic mass is 35.5. The molecule has 0 spiro atoms. The maximum absolute atomic E-state index is 12.6. The molecule has 8 heteroatoms. The Balaban J connectivity index is 1.19. The first kappa shape index (κ1) is 21.9. The van der Waals surface area contributed by atoms with E-state index in [9.17, 15) is 4.79 Å². The summed E-state index contributed by atoms with van der Waals surface area (Å²) in [6.45, 7) is 3.28. The van der Waals surface area contributed by atoms with Crippen molar-refractivity contribution in [3.05, 3.63) is 65.2 Å². The zero-order chi connectivity index (χ0) is 21.5. The summed E-state index contributed by atoms with van der Waals surface area (Å²) < 4.78 is 0. The fraction of sp³-hybridized carbons (Fsp3) is 0.348. The lowest BCUT2D eigenvalue weighted by Gasteiger charge is -2.32. The highest BCUT2D eigenvalue weighted by molar-refractivity contribution is 7.99. The minimum absolute atomic E-state index is 0.0410. The molecule has 1 atom stereocenters. The Kier molecular flexibility index (Phi) is 7.61. The van der Waals surface area contributed by atoms with Crippen molar-refractivity contribution in [1.82, 2.24) is 25.4 Å².